The predicted molar refractivity (Wildman–Crippen MR) is 124 cm³/mol. The van der Waals surface area contributed by atoms with Gasteiger partial charge in [0.2, 0.25) is 0 Å². The Morgan fingerprint density at radius 3 is 2.37 bits per heavy atom. The molecule has 164 valence electrons. The van der Waals surface area contributed by atoms with Crippen molar-refractivity contribution in [1.29, 1.82) is 0 Å². The highest BCUT2D eigenvalue weighted by molar-refractivity contribution is 7.18. The maximum absolute atomic E-state index is 13.4. The van der Waals surface area contributed by atoms with Crippen molar-refractivity contribution < 1.29 is 8.78 Å². The fraction of sp³-hybridized carbons (Fsp3) is 0.429. The molecular weight excluding hydrogens is 449 g/mol. The number of hydrogen-bond acceptors (Lipinski definition) is 5. The predicted octanol–water partition coefficient (Wildman–Crippen LogP) is 6.01. The average Bonchev–Trinajstić information content (AvgIpc) is 3.08. The number of benzene rings is 1. The van der Waals surface area contributed by atoms with Gasteiger partial charge in [0.15, 0.2) is 0 Å². The van der Waals surface area contributed by atoms with Gasteiger partial charge in [-0.2, -0.15) is 0 Å². The Morgan fingerprint density at radius 2 is 1.73 bits per heavy atom. The number of aromatic nitrogens is 2. The molecule has 1 aromatic carbocycles. The van der Waals surface area contributed by atoms with E-state index in [0.29, 0.717) is 24.1 Å². The Bertz CT molecular complexity index is 955. The van der Waals surface area contributed by atoms with Crippen LogP contribution in [0.5, 0.6) is 0 Å². The summed E-state index contributed by atoms with van der Waals surface area (Å²) in [6, 6.07) is 6.26. The molecule has 0 saturated carbocycles. The van der Waals surface area contributed by atoms with Crippen LogP contribution >= 0.6 is 36.2 Å². The minimum atomic E-state index is -0.518. The summed E-state index contributed by atoms with van der Waals surface area (Å²) >= 11 is 1.72. The quantitative estimate of drug-likeness (QED) is 0.491. The molecule has 3 heterocycles. The van der Waals surface area contributed by atoms with Gasteiger partial charge in [0, 0.05) is 36.6 Å². The molecule has 1 saturated heterocycles. The van der Waals surface area contributed by atoms with Crippen LogP contribution in [-0.4, -0.2) is 34.0 Å². The zero-order valence-electron chi connectivity index (χ0n) is 16.9. The number of fused-ring (bicyclic) bond motifs is 1. The molecule has 1 aliphatic rings. The number of rotatable bonds is 5. The third-order valence-electron chi connectivity index (χ3n) is 5.17. The SMILES string of the molecule is CC(C)c1cc2c(NC3CCN(Cc4cc(F)cc(F)c4)CC3)ncnc2s1.Cl.Cl. The van der Waals surface area contributed by atoms with Crippen LogP contribution in [0, 0.1) is 11.6 Å². The Kier molecular flexibility index (Phi) is 8.79. The number of nitrogens with zero attached hydrogens (tertiary/aromatic N) is 3. The molecule has 4 nitrogen and oxygen atoms in total. The summed E-state index contributed by atoms with van der Waals surface area (Å²) in [5.74, 6) is 0.341. The molecule has 0 bridgehead atoms. The molecule has 0 unspecified atom stereocenters. The minimum absolute atomic E-state index is 0. The van der Waals surface area contributed by atoms with Crippen LogP contribution < -0.4 is 5.32 Å². The molecular formula is C21H26Cl2F2N4S. The van der Waals surface area contributed by atoms with Gasteiger partial charge in [-0.15, -0.1) is 36.2 Å². The molecule has 0 atom stereocenters. The first kappa shape index (κ1) is 24.7. The minimum Gasteiger partial charge on any atom is -0.367 e. The van der Waals surface area contributed by atoms with E-state index in [1.165, 1.54) is 17.0 Å². The van der Waals surface area contributed by atoms with Gasteiger partial charge in [-0.05, 0) is 42.5 Å². The van der Waals surface area contributed by atoms with Crippen LogP contribution in [0.3, 0.4) is 0 Å². The summed E-state index contributed by atoms with van der Waals surface area (Å²) in [7, 11) is 0. The maximum atomic E-state index is 13.4. The zero-order valence-corrected chi connectivity index (χ0v) is 19.3. The summed E-state index contributed by atoms with van der Waals surface area (Å²) in [6.07, 6.45) is 3.55. The lowest BCUT2D eigenvalue weighted by Crippen LogP contribution is -2.38. The van der Waals surface area contributed by atoms with Crippen molar-refractivity contribution in [3.63, 3.8) is 0 Å². The summed E-state index contributed by atoms with van der Waals surface area (Å²) in [5, 5.41) is 4.68. The van der Waals surface area contributed by atoms with Crippen LogP contribution in [-0.2, 0) is 6.54 Å². The van der Waals surface area contributed by atoms with E-state index in [9.17, 15) is 8.78 Å². The second kappa shape index (κ2) is 10.7. The smallest absolute Gasteiger partial charge is 0.138 e. The highest BCUT2D eigenvalue weighted by atomic mass is 35.5. The standard InChI is InChI=1S/C21H24F2N4S.2ClH/c1-13(2)19-10-18-20(24-12-25-21(18)28-19)26-17-3-5-27(6-4-17)11-14-7-15(22)9-16(23)8-14;;/h7-10,12-13,17H,3-6,11H2,1-2H3,(H,24,25,26);2*1H. The van der Waals surface area contributed by atoms with Crippen molar-refractivity contribution in [2.45, 2.75) is 45.2 Å². The Morgan fingerprint density at radius 1 is 1.07 bits per heavy atom. The van der Waals surface area contributed by atoms with Crippen molar-refractivity contribution in [1.82, 2.24) is 14.9 Å². The summed E-state index contributed by atoms with van der Waals surface area (Å²) in [6.45, 7) is 6.70. The highest BCUT2D eigenvalue weighted by Gasteiger charge is 2.21. The fourth-order valence-electron chi connectivity index (χ4n) is 3.66. The van der Waals surface area contributed by atoms with Gasteiger partial charge in [0.1, 0.15) is 28.6 Å². The number of halogens is 4. The third-order valence-corrected chi connectivity index (χ3v) is 6.52. The highest BCUT2D eigenvalue weighted by Crippen LogP contribution is 2.33. The van der Waals surface area contributed by atoms with E-state index in [1.807, 2.05) is 0 Å². The van der Waals surface area contributed by atoms with Gasteiger partial charge < -0.3 is 5.32 Å². The van der Waals surface area contributed by atoms with Crippen LogP contribution in [0.4, 0.5) is 14.6 Å². The second-order valence-electron chi connectivity index (χ2n) is 7.72. The number of likely N-dealkylation sites (tertiary alicyclic amines) is 1. The molecule has 0 amide bonds. The first-order chi connectivity index (χ1) is 13.5. The molecule has 0 aliphatic carbocycles. The number of hydrogen-bond donors (Lipinski definition) is 1. The summed E-state index contributed by atoms with van der Waals surface area (Å²) < 4.78 is 26.8. The second-order valence-corrected chi connectivity index (χ2v) is 8.78. The number of thiophene rings is 1. The van der Waals surface area contributed by atoms with Crippen LogP contribution in [0.2, 0.25) is 0 Å². The number of anilines is 1. The maximum Gasteiger partial charge on any atom is 0.138 e. The lowest BCUT2D eigenvalue weighted by atomic mass is 10.0. The van der Waals surface area contributed by atoms with E-state index >= 15 is 0 Å². The molecule has 2 aromatic heterocycles. The summed E-state index contributed by atoms with van der Waals surface area (Å²) in [4.78, 5) is 13.5. The van der Waals surface area contributed by atoms with Crippen LogP contribution in [0.1, 0.15) is 43.0 Å². The first-order valence-corrected chi connectivity index (χ1v) is 10.5. The van der Waals surface area contributed by atoms with E-state index in [2.05, 4.69) is 40.1 Å². The van der Waals surface area contributed by atoms with Crippen molar-refractivity contribution in [2.75, 3.05) is 18.4 Å². The largest absolute Gasteiger partial charge is 0.367 e. The molecule has 1 N–H and O–H groups in total. The molecule has 30 heavy (non-hydrogen) atoms. The lowest BCUT2D eigenvalue weighted by molar-refractivity contribution is 0.211. The van der Waals surface area contributed by atoms with Crippen molar-refractivity contribution in [3.8, 4) is 0 Å². The van der Waals surface area contributed by atoms with Crippen molar-refractivity contribution in [3.05, 3.63) is 52.7 Å². The van der Waals surface area contributed by atoms with E-state index < -0.39 is 11.6 Å². The summed E-state index contributed by atoms with van der Waals surface area (Å²) in [5.41, 5.74) is 0.681. The molecule has 1 fully saturated rings. The molecule has 3 aromatic rings. The number of nitrogens with one attached hydrogen (secondary N) is 1. The monoisotopic (exact) mass is 474 g/mol. The molecule has 0 radical (unpaired) electrons. The molecule has 1 aliphatic heterocycles. The van der Waals surface area contributed by atoms with Crippen molar-refractivity contribution >= 4 is 52.2 Å². The van der Waals surface area contributed by atoms with E-state index in [-0.39, 0.29) is 24.8 Å². The normalized spacial score (nSPS) is 15.1. The van der Waals surface area contributed by atoms with Crippen LogP contribution in [0.25, 0.3) is 10.2 Å². The Labute approximate surface area is 191 Å². The Balaban J connectivity index is 0.00000160. The van der Waals surface area contributed by atoms with Crippen molar-refractivity contribution in [2.24, 2.45) is 0 Å². The van der Waals surface area contributed by atoms with Gasteiger partial charge in [-0.25, -0.2) is 18.7 Å². The van der Waals surface area contributed by atoms with Gasteiger partial charge in [-0.3, -0.25) is 4.90 Å². The van der Waals surface area contributed by atoms with Gasteiger partial charge in [0.05, 0.1) is 5.39 Å². The molecule has 4 rings (SSSR count). The fourth-order valence-corrected chi connectivity index (χ4v) is 4.66. The average molecular weight is 475 g/mol. The van der Waals surface area contributed by atoms with Gasteiger partial charge in [0.25, 0.3) is 0 Å². The zero-order chi connectivity index (χ0) is 19.7. The lowest BCUT2D eigenvalue weighted by Gasteiger charge is -2.32. The van der Waals surface area contributed by atoms with E-state index in [1.54, 1.807) is 17.7 Å². The van der Waals surface area contributed by atoms with Crippen LogP contribution in [0.15, 0.2) is 30.6 Å². The van der Waals surface area contributed by atoms with E-state index in [4.69, 9.17) is 0 Å². The molecule has 9 heteroatoms. The molecule has 0 spiro atoms. The topological polar surface area (TPSA) is 41.0 Å². The van der Waals surface area contributed by atoms with E-state index in [0.717, 1.165) is 48.0 Å². The third kappa shape index (κ3) is 5.78. The number of piperidine rings is 1. The Hall–Kier alpha value is -1.54. The van der Waals surface area contributed by atoms with Gasteiger partial charge in [-0.1, -0.05) is 13.8 Å². The van der Waals surface area contributed by atoms with Gasteiger partial charge >= 0.3 is 0 Å². The first-order valence-electron chi connectivity index (χ1n) is 9.66.